The first-order valence-corrected chi connectivity index (χ1v) is 5.58. The summed E-state index contributed by atoms with van der Waals surface area (Å²) in [6.07, 6.45) is 0. The summed E-state index contributed by atoms with van der Waals surface area (Å²) < 4.78 is 0.718. The first-order chi connectivity index (χ1) is 6.72. The normalized spacial score (nSPS) is 10.8. The fraction of sp³-hybridized carbons (Fsp3) is 0. The molecule has 3 nitrogen and oxygen atoms in total. The van der Waals surface area contributed by atoms with Gasteiger partial charge in [-0.2, -0.15) is 0 Å². The van der Waals surface area contributed by atoms with E-state index in [0.29, 0.717) is 0 Å². The third-order valence-electron chi connectivity index (χ3n) is 1.33. The molecule has 1 aromatic carbocycles. The van der Waals surface area contributed by atoms with E-state index in [9.17, 15) is 0 Å². The van der Waals surface area contributed by atoms with Gasteiger partial charge in [0.1, 0.15) is 0 Å². The standard InChI is InChI=1S/C9H7ClN3.W/c1-11-9(10)13-7-12-8-5-3-2-4-6-8;/h1-6,12H;/q-1;/b13-9-;. The van der Waals surface area contributed by atoms with Crippen molar-refractivity contribution >= 4 is 33.4 Å². The molecule has 0 unspecified atom stereocenters. The Morgan fingerprint density at radius 1 is 1.36 bits per heavy atom. The van der Waals surface area contributed by atoms with Gasteiger partial charge in [-0.3, -0.25) is 0 Å². The van der Waals surface area contributed by atoms with Gasteiger partial charge in [-0.15, -0.1) is 0 Å². The van der Waals surface area contributed by atoms with Crippen LogP contribution in [-0.4, -0.2) is 16.2 Å². The zero-order valence-corrected chi connectivity index (χ0v) is 10.8. The number of nitrogens with one attached hydrogen (secondary N) is 1. The van der Waals surface area contributed by atoms with E-state index in [0.717, 1.165) is 29.2 Å². The molecule has 0 aliphatic heterocycles. The monoisotopic (exact) mass is 376 g/mol. The van der Waals surface area contributed by atoms with Crippen molar-refractivity contribution < 1.29 is 19.4 Å². The average molecular weight is 376 g/mol. The summed E-state index contributed by atoms with van der Waals surface area (Å²) in [5.41, 5.74) is 0.961. The van der Waals surface area contributed by atoms with E-state index >= 15 is 0 Å². The molecule has 0 amide bonds. The predicted molar refractivity (Wildman–Crippen MR) is 56.9 cm³/mol. The summed E-state index contributed by atoms with van der Waals surface area (Å²) in [6, 6.07) is 9.68. The number of nitrogens with zero attached hydrogens (tertiary/aromatic N) is 2. The molecular formula is C9H7ClN3W-. The fourth-order valence-corrected chi connectivity index (χ4v) is 1.80. The zero-order chi connectivity index (χ0) is 10.4. The Labute approximate surface area is 98.3 Å². The van der Waals surface area contributed by atoms with Gasteiger partial charge in [0.05, 0.1) is 0 Å². The molecule has 0 spiro atoms. The van der Waals surface area contributed by atoms with E-state index in [2.05, 4.69) is 15.3 Å². The van der Waals surface area contributed by atoms with Crippen LogP contribution in [0.15, 0.2) is 40.3 Å². The molecule has 0 aromatic heterocycles. The number of rotatable bonds is 3. The fourth-order valence-electron chi connectivity index (χ4n) is 0.786. The van der Waals surface area contributed by atoms with Crippen LogP contribution in [0.1, 0.15) is 0 Å². The molecule has 0 atom stereocenters. The molecule has 1 rings (SSSR count). The quantitative estimate of drug-likeness (QED) is 0.372. The summed E-state index contributed by atoms with van der Waals surface area (Å²) in [4.78, 5) is 7.16. The molecule has 0 bridgehead atoms. The van der Waals surface area contributed by atoms with E-state index in [1.165, 1.54) is 0 Å². The van der Waals surface area contributed by atoms with E-state index in [4.69, 9.17) is 18.3 Å². The van der Waals surface area contributed by atoms with Gasteiger partial charge in [-0.05, 0) is 0 Å². The van der Waals surface area contributed by atoms with E-state index in [-0.39, 0.29) is 5.29 Å². The van der Waals surface area contributed by atoms with Crippen LogP contribution < -0.4 is 5.32 Å². The maximum absolute atomic E-state index is 5.54. The molecule has 1 N–H and O–H groups in total. The van der Waals surface area contributed by atoms with Crippen molar-refractivity contribution in [3.8, 4) is 0 Å². The van der Waals surface area contributed by atoms with Gasteiger partial charge < -0.3 is 0 Å². The van der Waals surface area contributed by atoms with Gasteiger partial charge in [0.25, 0.3) is 0 Å². The van der Waals surface area contributed by atoms with E-state index < -0.39 is 0 Å². The van der Waals surface area contributed by atoms with Crippen molar-refractivity contribution in [1.29, 1.82) is 0 Å². The van der Waals surface area contributed by atoms with Crippen LogP contribution in [0.3, 0.4) is 0 Å². The Hall–Kier alpha value is -0.792. The molecule has 0 saturated carbocycles. The summed E-state index contributed by atoms with van der Waals surface area (Å²) in [7, 11) is 0. The number of anilines is 1. The molecule has 0 fully saturated rings. The molecule has 0 saturated heterocycles. The van der Waals surface area contributed by atoms with Gasteiger partial charge in [-0.25, -0.2) is 0 Å². The second-order valence-electron chi connectivity index (χ2n) is 2.31. The van der Waals surface area contributed by atoms with E-state index in [1.54, 1.807) is 0 Å². The van der Waals surface area contributed by atoms with Crippen LogP contribution in [0, 0.1) is 0 Å². The van der Waals surface area contributed by atoms with Crippen LogP contribution in [0.25, 0.3) is 0 Å². The molecule has 0 heterocycles. The van der Waals surface area contributed by atoms with Crippen LogP contribution in [0.2, 0.25) is 0 Å². The second kappa shape index (κ2) is 5.84. The van der Waals surface area contributed by atoms with Crippen LogP contribution in [0.4, 0.5) is 5.69 Å². The number of halogens is 1. The number of aliphatic imine (C=N–C) groups is 2. The number of hydrogen-bond acceptors (Lipinski definition) is 2. The minimum atomic E-state index is 0.0402. The molecular weight excluding hydrogens is 369 g/mol. The third-order valence-corrected chi connectivity index (χ3v) is 2.20. The summed E-state index contributed by atoms with van der Waals surface area (Å²) >= 11 is 6.70. The number of benzene rings is 1. The second-order valence-corrected chi connectivity index (χ2v) is 4.03. The number of amidine groups is 1. The van der Waals surface area contributed by atoms with Crippen LogP contribution >= 0.6 is 11.6 Å². The summed E-state index contributed by atoms with van der Waals surface area (Å²) in [5.74, 6) is 0. The van der Waals surface area contributed by atoms with Gasteiger partial charge in [-0.1, -0.05) is 0 Å². The van der Waals surface area contributed by atoms with Crippen molar-refractivity contribution in [1.82, 2.24) is 0 Å². The van der Waals surface area contributed by atoms with Gasteiger partial charge in [0.2, 0.25) is 0 Å². The van der Waals surface area contributed by atoms with Crippen molar-refractivity contribution in [2.24, 2.45) is 9.98 Å². The third kappa shape index (κ3) is 3.94. The zero-order valence-electron chi connectivity index (χ0n) is 7.14. The molecule has 72 valence electrons. The van der Waals surface area contributed by atoms with Crippen molar-refractivity contribution in [2.45, 2.75) is 0 Å². The minimum absolute atomic E-state index is 0.0402. The predicted octanol–water partition coefficient (Wildman–Crippen LogP) is 1.91. The molecule has 14 heavy (non-hydrogen) atoms. The van der Waals surface area contributed by atoms with Crippen molar-refractivity contribution in [3.63, 3.8) is 0 Å². The molecule has 0 radical (unpaired) electrons. The molecule has 0 aliphatic rings. The van der Waals surface area contributed by atoms with Gasteiger partial charge in [0.15, 0.2) is 0 Å². The SMILES string of the molecule is [CH-]=N/C(Cl)=N\[C](=[W])Nc1ccccc1. The summed E-state index contributed by atoms with van der Waals surface area (Å²) in [6.45, 7) is 4.94. The topological polar surface area (TPSA) is 36.8 Å². The average Bonchev–Trinajstić information content (AvgIpc) is 2.19. The van der Waals surface area contributed by atoms with Crippen LogP contribution in [0.5, 0.6) is 0 Å². The Bertz CT molecular complexity index is 362. The Morgan fingerprint density at radius 2 is 2.00 bits per heavy atom. The Morgan fingerprint density at radius 3 is 2.57 bits per heavy atom. The Kier molecular flexibility index (Phi) is 4.71. The molecule has 1 aromatic rings. The van der Waals surface area contributed by atoms with Crippen molar-refractivity contribution in [3.05, 3.63) is 30.3 Å². The first-order valence-electron chi connectivity index (χ1n) is 3.73. The van der Waals surface area contributed by atoms with Crippen molar-refractivity contribution in [2.75, 3.05) is 5.32 Å². The number of para-hydroxylation sites is 1. The molecule has 0 aliphatic carbocycles. The molecule has 5 heteroatoms. The number of hydrogen-bond donors (Lipinski definition) is 1. The van der Waals surface area contributed by atoms with Gasteiger partial charge in [0, 0.05) is 0 Å². The van der Waals surface area contributed by atoms with Gasteiger partial charge >= 0.3 is 98.4 Å². The summed E-state index contributed by atoms with van der Waals surface area (Å²) in [5, 5.41) is 3.11. The Balaban J connectivity index is 2.63. The first kappa shape index (κ1) is 11.3. The van der Waals surface area contributed by atoms with Crippen LogP contribution in [-0.2, 0) is 19.4 Å². The maximum atomic E-state index is 5.54. The van der Waals surface area contributed by atoms with E-state index in [1.807, 2.05) is 30.3 Å².